The van der Waals surface area contributed by atoms with Crippen molar-refractivity contribution in [3.8, 4) is 6.07 Å². The van der Waals surface area contributed by atoms with Crippen molar-refractivity contribution in [2.45, 2.75) is 69.5 Å². The number of nitriles is 1. The second-order valence-electron chi connectivity index (χ2n) is 5.66. The molecule has 0 bridgehead atoms. The topological polar surface area (TPSA) is 39.1 Å². The lowest BCUT2D eigenvalue weighted by molar-refractivity contribution is 0.180. The van der Waals surface area contributed by atoms with Gasteiger partial charge in [0.05, 0.1) is 6.07 Å². The molecule has 3 heteroatoms. The average molecular weight is 235 g/mol. The van der Waals surface area contributed by atoms with Crippen molar-refractivity contribution < 1.29 is 0 Å². The van der Waals surface area contributed by atoms with E-state index in [-0.39, 0.29) is 5.54 Å². The van der Waals surface area contributed by atoms with Gasteiger partial charge in [0.1, 0.15) is 5.54 Å². The van der Waals surface area contributed by atoms with E-state index in [0.717, 1.165) is 18.9 Å². The van der Waals surface area contributed by atoms with Crippen LogP contribution >= 0.6 is 0 Å². The van der Waals surface area contributed by atoms with Crippen molar-refractivity contribution in [2.24, 2.45) is 0 Å². The van der Waals surface area contributed by atoms with E-state index in [1.807, 2.05) is 7.05 Å². The predicted octanol–water partition coefficient (Wildman–Crippen LogP) is 2.29. The molecule has 2 aliphatic rings. The Morgan fingerprint density at radius 1 is 1.35 bits per heavy atom. The molecule has 2 saturated carbocycles. The largest absolute Gasteiger partial charge is 0.302 e. The van der Waals surface area contributed by atoms with Crippen LogP contribution in [0.2, 0.25) is 0 Å². The van der Waals surface area contributed by atoms with Crippen LogP contribution < -0.4 is 5.32 Å². The normalized spacial score (nSPS) is 32.9. The van der Waals surface area contributed by atoms with Gasteiger partial charge >= 0.3 is 0 Å². The monoisotopic (exact) mass is 235 g/mol. The van der Waals surface area contributed by atoms with Gasteiger partial charge in [-0.1, -0.05) is 13.3 Å². The maximum atomic E-state index is 9.32. The number of unbranched alkanes of at least 4 members (excludes halogenated alkanes) is 1. The molecule has 2 unspecified atom stereocenters. The van der Waals surface area contributed by atoms with Crippen LogP contribution in [0.4, 0.5) is 0 Å². The maximum Gasteiger partial charge on any atom is 0.108 e. The third-order valence-electron chi connectivity index (χ3n) is 4.44. The van der Waals surface area contributed by atoms with E-state index < -0.39 is 0 Å². The van der Waals surface area contributed by atoms with E-state index in [2.05, 4.69) is 23.2 Å². The zero-order valence-corrected chi connectivity index (χ0v) is 11.2. The molecule has 2 aliphatic carbocycles. The molecule has 1 N–H and O–H groups in total. The first-order valence-electron chi connectivity index (χ1n) is 7.10. The summed E-state index contributed by atoms with van der Waals surface area (Å²) < 4.78 is 0. The molecule has 2 rings (SSSR count). The zero-order chi connectivity index (χ0) is 12.3. The van der Waals surface area contributed by atoms with Crippen molar-refractivity contribution in [3.63, 3.8) is 0 Å². The van der Waals surface area contributed by atoms with E-state index >= 15 is 0 Å². The molecule has 96 valence electrons. The molecule has 0 radical (unpaired) electrons. The number of nitrogens with one attached hydrogen (secondary N) is 1. The Morgan fingerprint density at radius 3 is 2.59 bits per heavy atom. The first-order valence-corrected chi connectivity index (χ1v) is 7.10. The van der Waals surface area contributed by atoms with E-state index in [0.29, 0.717) is 6.04 Å². The van der Waals surface area contributed by atoms with E-state index in [1.54, 1.807) is 0 Å². The predicted molar refractivity (Wildman–Crippen MR) is 69.7 cm³/mol. The second kappa shape index (κ2) is 5.37. The number of hydrogen-bond donors (Lipinski definition) is 1. The standard InChI is InChI=1S/C14H25N3/c1-3-4-9-17(12-5-6-12)13-7-8-14(10-13,11-15)16-2/h12-13,16H,3-10H2,1-2H3. The van der Waals surface area contributed by atoms with Crippen LogP contribution in [-0.4, -0.2) is 36.1 Å². The van der Waals surface area contributed by atoms with Gasteiger partial charge in [0.25, 0.3) is 0 Å². The summed E-state index contributed by atoms with van der Waals surface area (Å²) >= 11 is 0. The fraction of sp³-hybridized carbons (Fsp3) is 0.929. The number of nitrogens with zero attached hydrogens (tertiary/aromatic N) is 2. The third kappa shape index (κ3) is 2.81. The summed E-state index contributed by atoms with van der Waals surface area (Å²) in [5.41, 5.74) is -0.246. The Kier molecular flexibility index (Phi) is 4.06. The van der Waals surface area contributed by atoms with E-state index in [4.69, 9.17) is 0 Å². The molecule has 0 spiro atoms. The fourth-order valence-corrected chi connectivity index (χ4v) is 3.10. The van der Waals surface area contributed by atoms with E-state index in [1.165, 1.54) is 38.6 Å². The van der Waals surface area contributed by atoms with Gasteiger partial charge in [0, 0.05) is 12.1 Å². The smallest absolute Gasteiger partial charge is 0.108 e. The van der Waals surface area contributed by atoms with Crippen LogP contribution in [0, 0.1) is 11.3 Å². The Hall–Kier alpha value is -0.590. The van der Waals surface area contributed by atoms with Crippen LogP contribution in [0.15, 0.2) is 0 Å². The summed E-state index contributed by atoms with van der Waals surface area (Å²) in [4.78, 5) is 2.69. The molecular weight excluding hydrogens is 210 g/mol. The van der Waals surface area contributed by atoms with Gasteiger partial charge in [-0.05, 0) is 52.1 Å². The first-order chi connectivity index (χ1) is 8.24. The molecule has 2 fully saturated rings. The molecular formula is C14H25N3. The quantitative estimate of drug-likeness (QED) is 0.767. The summed E-state index contributed by atoms with van der Waals surface area (Å²) in [7, 11) is 1.93. The minimum Gasteiger partial charge on any atom is -0.302 e. The van der Waals surface area contributed by atoms with Gasteiger partial charge in [-0.25, -0.2) is 0 Å². The Balaban J connectivity index is 1.94. The van der Waals surface area contributed by atoms with Crippen LogP contribution in [0.3, 0.4) is 0 Å². The minimum atomic E-state index is -0.246. The summed E-state index contributed by atoms with van der Waals surface area (Å²) in [5.74, 6) is 0. The highest BCUT2D eigenvalue weighted by Crippen LogP contribution is 2.38. The minimum absolute atomic E-state index is 0.246. The van der Waals surface area contributed by atoms with Crippen molar-refractivity contribution in [1.82, 2.24) is 10.2 Å². The van der Waals surface area contributed by atoms with Crippen LogP contribution in [0.25, 0.3) is 0 Å². The van der Waals surface area contributed by atoms with Gasteiger partial charge in [-0.2, -0.15) is 5.26 Å². The number of rotatable bonds is 6. The summed E-state index contributed by atoms with van der Waals surface area (Å²) in [6.07, 6.45) is 8.53. The van der Waals surface area contributed by atoms with Gasteiger partial charge in [-0.15, -0.1) is 0 Å². The Bertz CT molecular complexity index is 292. The summed E-state index contributed by atoms with van der Waals surface area (Å²) in [6, 6.07) is 3.96. The van der Waals surface area contributed by atoms with Crippen LogP contribution in [0.5, 0.6) is 0 Å². The number of hydrogen-bond acceptors (Lipinski definition) is 3. The second-order valence-corrected chi connectivity index (χ2v) is 5.66. The maximum absolute atomic E-state index is 9.32. The van der Waals surface area contributed by atoms with Gasteiger partial charge in [0.15, 0.2) is 0 Å². The average Bonchev–Trinajstić information content (AvgIpc) is 3.10. The summed E-state index contributed by atoms with van der Waals surface area (Å²) in [5, 5.41) is 12.6. The van der Waals surface area contributed by atoms with E-state index in [9.17, 15) is 5.26 Å². The Morgan fingerprint density at radius 2 is 2.12 bits per heavy atom. The molecule has 0 aromatic carbocycles. The molecule has 2 atom stereocenters. The molecule has 0 aliphatic heterocycles. The summed E-state index contributed by atoms with van der Waals surface area (Å²) in [6.45, 7) is 3.49. The lowest BCUT2D eigenvalue weighted by atomic mass is 10.00. The highest BCUT2D eigenvalue weighted by molar-refractivity contribution is 5.13. The highest BCUT2D eigenvalue weighted by atomic mass is 15.2. The lowest BCUT2D eigenvalue weighted by Gasteiger charge is -2.30. The molecule has 0 saturated heterocycles. The SMILES string of the molecule is CCCCN(C1CC1)C1CCC(C#N)(NC)C1. The Labute approximate surface area is 105 Å². The van der Waals surface area contributed by atoms with Crippen LogP contribution in [0.1, 0.15) is 51.9 Å². The molecule has 0 amide bonds. The lowest BCUT2D eigenvalue weighted by Crippen LogP contribution is -2.42. The van der Waals surface area contributed by atoms with Crippen molar-refractivity contribution in [2.75, 3.05) is 13.6 Å². The van der Waals surface area contributed by atoms with Gasteiger partial charge in [0.2, 0.25) is 0 Å². The van der Waals surface area contributed by atoms with Crippen molar-refractivity contribution >= 4 is 0 Å². The van der Waals surface area contributed by atoms with Gasteiger partial charge in [-0.3, -0.25) is 4.90 Å². The first kappa shape index (κ1) is 12.9. The van der Waals surface area contributed by atoms with Crippen molar-refractivity contribution in [3.05, 3.63) is 0 Å². The van der Waals surface area contributed by atoms with Crippen LogP contribution in [-0.2, 0) is 0 Å². The van der Waals surface area contributed by atoms with Crippen molar-refractivity contribution in [1.29, 1.82) is 5.26 Å². The molecule has 0 heterocycles. The molecule has 0 aromatic heterocycles. The third-order valence-corrected chi connectivity index (χ3v) is 4.44. The molecule has 3 nitrogen and oxygen atoms in total. The molecule has 0 aromatic rings. The highest BCUT2D eigenvalue weighted by Gasteiger charge is 2.43. The van der Waals surface area contributed by atoms with Gasteiger partial charge < -0.3 is 5.32 Å². The fourth-order valence-electron chi connectivity index (χ4n) is 3.10. The zero-order valence-electron chi connectivity index (χ0n) is 11.2. The molecule has 17 heavy (non-hydrogen) atoms.